The van der Waals surface area contributed by atoms with Crippen LogP contribution in [-0.2, 0) is 19.5 Å². The van der Waals surface area contributed by atoms with E-state index in [1.807, 2.05) is 42.5 Å². The van der Waals surface area contributed by atoms with Gasteiger partial charge in [-0.15, -0.1) is 0 Å². The van der Waals surface area contributed by atoms with E-state index < -0.39 is 0 Å². The summed E-state index contributed by atoms with van der Waals surface area (Å²) in [7, 11) is 0. The van der Waals surface area contributed by atoms with E-state index in [0.717, 1.165) is 40.8 Å². The molecule has 2 heterocycles. The first kappa shape index (κ1) is 17.0. The number of anilines is 1. The standard InChI is InChI=1S/C20H19BrN4O/c21-17-4-2-1-3-14(17)11-25-10-9-18-16(12-25)20(26)24-19(23-18)13-5-7-15(22)8-6-13/h1-8H,9-12,22H2,(H,23,24,26). The lowest BCUT2D eigenvalue weighted by molar-refractivity contribution is 0.241. The van der Waals surface area contributed by atoms with E-state index in [1.165, 1.54) is 5.56 Å². The molecule has 0 fully saturated rings. The summed E-state index contributed by atoms with van der Waals surface area (Å²) in [6, 6.07) is 15.6. The topological polar surface area (TPSA) is 75.0 Å². The van der Waals surface area contributed by atoms with Gasteiger partial charge in [-0.3, -0.25) is 9.69 Å². The van der Waals surface area contributed by atoms with Crippen LogP contribution in [-0.4, -0.2) is 21.4 Å². The molecule has 1 aliphatic heterocycles. The Bertz CT molecular complexity index is 997. The fraction of sp³-hybridized carbons (Fsp3) is 0.200. The van der Waals surface area contributed by atoms with Gasteiger partial charge in [0.25, 0.3) is 5.56 Å². The Morgan fingerprint density at radius 3 is 2.69 bits per heavy atom. The molecule has 0 atom stereocenters. The van der Waals surface area contributed by atoms with Crippen molar-refractivity contribution in [1.82, 2.24) is 14.9 Å². The molecule has 0 amide bonds. The number of aromatic nitrogens is 2. The van der Waals surface area contributed by atoms with Gasteiger partial charge >= 0.3 is 0 Å². The molecule has 0 saturated carbocycles. The van der Waals surface area contributed by atoms with E-state index >= 15 is 0 Å². The number of benzene rings is 2. The molecule has 132 valence electrons. The number of nitrogens with zero attached hydrogens (tertiary/aromatic N) is 2. The number of nitrogen functional groups attached to an aromatic ring is 1. The lowest BCUT2D eigenvalue weighted by Gasteiger charge is -2.28. The Morgan fingerprint density at radius 2 is 1.92 bits per heavy atom. The van der Waals surface area contributed by atoms with Crippen LogP contribution < -0.4 is 11.3 Å². The minimum absolute atomic E-state index is 0.0568. The monoisotopic (exact) mass is 410 g/mol. The summed E-state index contributed by atoms with van der Waals surface area (Å²) in [5, 5.41) is 0. The molecule has 5 nitrogen and oxygen atoms in total. The van der Waals surface area contributed by atoms with Crippen molar-refractivity contribution in [3.05, 3.63) is 80.2 Å². The van der Waals surface area contributed by atoms with Crippen molar-refractivity contribution in [1.29, 1.82) is 0 Å². The zero-order valence-corrected chi connectivity index (χ0v) is 15.8. The summed E-state index contributed by atoms with van der Waals surface area (Å²) < 4.78 is 1.09. The van der Waals surface area contributed by atoms with Gasteiger partial charge in [0.15, 0.2) is 0 Å². The van der Waals surface area contributed by atoms with Crippen LogP contribution in [0.1, 0.15) is 16.8 Å². The maximum absolute atomic E-state index is 12.6. The second-order valence-corrected chi connectivity index (χ2v) is 7.37. The number of hydrogen-bond acceptors (Lipinski definition) is 4. The molecular weight excluding hydrogens is 392 g/mol. The van der Waals surface area contributed by atoms with E-state index in [2.05, 4.69) is 31.9 Å². The van der Waals surface area contributed by atoms with Gasteiger partial charge in [0.05, 0.1) is 11.3 Å². The summed E-state index contributed by atoms with van der Waals surface area (Å²) in [6.07, 6.45) is 0.770. The molecule has 0 unspecified atom stereocenters. The predicted octanol–water partition coefficient (Wildman–Crippen LogP) is 3.34. The van der Waals surface area contributed by atoms with E-state index in [0.29, 0.717) is 18.1 Å². The van der Waals surface area contributed by atoms with E-state index in [9.17, 15) is 4.79 Å². The highest BCUT2D eigenvalue weighted by Gasteiger charge is 2.22. The highest BCUT2D eigenvalue weighted by atomic mass is 79.9. The van der Waals surface area contributed by atoms with E-state index in [4.69, 9.17) is 10.7 Å². The molecule has 0 bridgehead atoms. The lowest BCUT2D eigenvalue weighted by atomic mass is 10.1. The molecule has 2 aromatic carbocycles. The molecule has 0 radical (unpaired) electrons. The summed E-state index contributed by atoms with van der Waals surface area (Å²) >= 11 is 3.59. The number of fused-ring (bicyclic) bond motifs is 1. The quantitative estimate of drug-likeness (QED) is 0.649. The third-order valence-electron chi connectivity index (χ3n) is 4.68. The first-order chi connectivity index (χ1) is 12.6. The summed E-state index contributed by atoms with van der Waals surface area (Å²) in [4.78, 5) is 22.5. The van der Waals surface area contributed by atoms with Crippen molar-refractivity contribution in [2.75, 3.05) is 12.3 Å². The Balaban J connectivity index is 1.59. The van der Waals surface area contributed by atoms with Crippen LogP contribution >= 0.6 is 15.9 Å². The van der Waals surface area contributed by atoms with Crippen molar-refractivity contribution in [3.8, 4) is 11.4 Å². The minimum Gasteiger partial charge on any atom is -0.399 e. The number of hydrogen-bond donors (Lipinski definition) is 2. The molecule has 1 aromatic heterocycles. The summed E-state index contributed by atoms with van der Waals surface area (Å²) in [5.41, 5.74) is 10.1. The number of nitrogens with two attached hydrogens (primary N) is 1. The molecule has 0 saturated heterocycles. The van der Waals surface area contributed by atoms with E-state index in [1.54, 1.807) is 0 Å². The number of halogens is 1. The zero-order valence-electron chi connectivity index (χ0n) is 14.2. The van der Waals surface area contributed by atoms with Crippen molar-refractivity contribution in [3.63, 3.8) is 0 Å². The van der Waals surface area contributed by atoms with Crippen molar-refractivity contribution in [2.45, 2.75) is 19.5 Å². The molecule has 6 heteroatoms. The predicted molar refractivity (Wildman–Crippen MR) is 107 cm³/mol. The molecular formula is C20H19BrN4O. The van der Waals surface area contributed by atoms with Crippen molar-refractivity contribution in [2.24, 2.45) is 0 Å². The van der Waals surface area contributed by atoms with Crippen LogP contribution in [0.5, 0.6) is 0 Å². The van der Waals surface area contributed by atoms with Crippen LogP contribution in [0.15, 0.2) is 57.8 Å². The number of nitrogens with one attached hydrogen (secondary N) is 1. The van der Waals surface area contributed by atoms with Crippen LogP contribution in [0.3, 0.4) is 0 Å². The average Bonchev–Trinajstić information content (AvgIpc) is 2.64. The largest absolute Gasteiger partial charge is 0.399 e. The van der Waals surface area contributed by atoms with Crippen LogP contribution in [0.4, 0.5) is 5.69 Å². The van der Waals surface area contributed by atoms with Crippen LogP contribution in [0.2, 0.25) is 0 Å². The Labute approximate surface area is 160 Å². The summed E-state index contributed by atoms with van der Waals surface area (Å²) in [5.74, 6) is 0.605. The average molecular weight is 411 g/mol. The third kappa shape index (κ3) is 3.43. The highest BCUT2D eigenvalue weighted by Crippen LogP contribution is 2.23. The molecule has 0 spiro atoms. The van der Waals surface area contributed by atoms with Crippen molar-refractivity contribution < 1.29 is 0 Å². The second kappa shape index (κ2) is 7.05. The fourth-order valence-electron chi connectivity index (χ4n) is 3.26. The van der Waals surface area contributed by atoms with Crippen LogP contribution in [0.25, 0.3) is 11.4 Å². The van der Waals surface area contributed by atoms with Gasteiger partial charge in [0, 0.05) is 41.8 Å². The maximum atomic E-state index is 12.6. The lowest BCUT2D eigenvalue weighted by Crippen LogP contribution is -2.35. The Hall–Kier alpha value is -2.44. The zero-order chi connectivity index (χ0) is 18.1. The van der Waals surface area contributed by atoms with Gasteiger partial charge in [-0.05, 0) is 35.9 Å². The third-order valence-corrected chi connectivity index (χ3v) is 5.46. The van der Waals surface area contributed by atoms with Crippen molar-refractivity contribution >= 4 is 21.6 Å². The number of aromatic amines is 1. The summed E-state index contributed by atoms with van der Waals surface area (Å²) in [6.45, 7) is 2.30. The maximum Gasteiger partial charge on any atom is 0.255 e. The number of rotatable bonds is 3. The first-order valence-electron chi connectivity index (χ1n) is 8.54. The van der Waals surface area contributed by atoms with Gasteiger partial charge in [-0.1, -0.05) is 34.1 Å². The van der Waals surface area contributed by atoms with E-state index in [-0.39, 0.29) is 5.56 Å². The molecule has 26 heavy (non-hydrogen) atoms. The van der Waals surface area contributed by atoms with Gasteiger partial charge in [0.1, 0.15) is 5.82 Å². The minimum atomic E-state index is -0.0568. The second-order valence-electron chi connectivity index (χ2n) is 6.51. The van der Waals surface area contributed by atoms with Gasteiger partial charge < -0.3 is 10.7 Å². The smallest absolute Gasteiger partial charge is 0.255 e. The van der Waals surface area contributed by atoms with Gasteiger partial charge in [-0.2, -0.15) is 0 Å². The SMILES string of the molecule is Nc1ccc(-c2nc3c(c(=O)[nH]2)CN(Cc2ccccc2Br)CC3)cc1. The molecule has 3 N–H and O–H groups in total. The Morgan fingerprint density at radius 1 is 1.15 bits per heavy atom. The molecule has 3 aromatic rings. The van der Waals surface area contributed by atoms with Gasteiger partial charge in [0.2, 0.25) is 0 Å². The molecule has 1 aliphatic rings. The fourth-order valence-corrected chi connectivity index (χ4v) is 3.67. The molecule has 0 aliphatic carbocycles. The molecule has 4 rings (SSSR count). The van der Waals surface area contributed by atoms with Crippen LogP contribution in [0, 0.1) is 0 Å². The Kier molecular flexibility index (Phi) is 4.61. The van der Waals surface area contributed by atoms with Gasteiger partial charge in [-0.25, -0.2) is 4.98 Å². The number of H-pyrrole nitrogens is 1. The highest BCUT2D eigenvalue weighted by molar-refractivity contribution is 9.10. The normalized spacial score (nSPS) is 14.2. The first-order valence-corrected chi connectivity index (χ1v) is 9.33.